The molecule has 0 radical (unpaired) electrons. The summed E-state index contributed by atoms with van der Waals surface area (Å²) in [5.41, 5.74) is 0.0444. The van der Waals surface area contributed by atoms with Crippen LogP contribution in [0.1, 0.15) is 58.3 Å². The van der Waals surface area contributed by atoms with Crippen molar-refractivity contribution in [3.05, 3.63) is 0 Å². The van der Waals surface area contributed by atoms with Gasteiger partial charge in [0.25, 0.3) is 0 Å². The maximum Gasteiger partial charge on any atom is 0.164 e. The first-order chi connectivity index (χ1) is 8.69. The molecule has 0 bridgehead atoms. The van der Waals surface area contributed by atoms with Crippen molar-refractivity contribution in [1.82, 2.24) is 0 Å². The molecule has 0 aromatic carbocycles. The van der Waals surface area contributed by atoms with Gasteiger partial charge in [0.2, 0.25) is 0 Å². The summed E-state index contributed by atoms with van der Waals surface area (Å²) in [5, 5.41) is 0. The lowest BCUT2D eigenvalue weighted by Gasteiger charge is -2.38. The van der Waals surface area contributed by atoms with Gasteiger partial charge in [0.05, 0.1) is 11.7 Å². The van der Waals surface area contributed by atoms with Crippen LogP contribution in [0.15, 0.2) is 0 Å². The van der Waals surface area contributed by atoms with Gasteiger partial charge in [0.15, 0.2) is 5.78 Å². The Balaban J connectivity index is 1.63. The SMILES string of the molecule is CC1CCC(C(=O)C2CCOC3(CCCC3)C2)O1. The van der Waals surface area contributed by atoms with Crippen molar-refractivity contribution < 1.29 is 14.3 Å². The van der Waals surface area contributed by atoms with E-state index >= 15 is 0 Å². The molecule has 2 heterocycles. The lowest BCUT2D eigenvalue weighted by molar-refractivity contribution is -0.145. The normalized spacial score (nSPS) is 39.3. The molecule has 0 N–H and O–H groups in total. The average molecular weight is 252 g/mol. The third-order valence-electron chi connectivity index (χ3n) is 4.96. The molecule has 0 amide bonds. The molecule has 3 heteroatoms. The fourth-order valence-corrected chi connectivity index (χ4v) is 3.91. The number of Topliss-reactive ketones (excluding diaryl/α,β-unsaturated/α-hetero) is 1. The summed E-state index contributed by atoms with van der Waals surface area (Å²) in [5.74, 6) is 0.543. The van der Waals surface area contributed by atoms with E-state index in [4.69, 9.17) is 9.47 Å². The van der Waals surface area contributed by atoms with Crippen LogP contribution in [-0.2, 0) is 14.3 Å². The Morgan fingerprint density at radius 2 is 1.94 bits per heavy atom. The second-order valence-electron chi connectivity index (χ2n) is 6.34. The Morgan fingerprint density at radius 1 is 1.17 bits per heavy atom. The van der Waals surface area contributed by atoms with Crippen LogP contribution in [0.4, 0.5) is 0 Å². The minimum atomic E-state index is -0.124. The predicted octanol–water partition coefficient (Wildman–Crippen LogP) is 2.86. The third-order valence-corrected chi connectivity index (χ3v) is 4.96. The maximum atomic E-state index is 12.5. The highest BCUT2D eigenvalue weighted by Crippen LogP contribution is 2.43. The number of ketones is 1. The zero-order chi connectivity index (χ0) is 12.6. The van der Waals surface area contributed by atoms with Crippen LogP contribution >= 0.6 is 0 Å². The molecule has 3 nitrogen and oxygen atoms in total. The third kappa shape index (κ3) is 2.35. The monoisotopic (exact) mass is 252 g/mol. The molecule has 2 saturated heterocycles. The summed E-state index contributed by atoms with van der Waals surface area (Å²) < 4.78 is 11.7. The number of hydrogen-bond donors (Lipinski definition) is 0. The summed E-state index contributed by atoms with van der Waals surface area (Å²) >= 11 is 0. The van der Waals surface area contributed by atoms with E-state index in [9.17, 15) is 4.79 Å². The second-order valence-corrected chi connectivity index (χ2v) is 6.34. The summed E-state index contributed by atoms with van der Waals surface area (Å²) in [6.07, 6.45) is 8.76. The van der Waals surface area contributed by atoms with E-state index in [1.807, 2.05) is 0 Å². The summed E-state index contributed by atoms with van der Waals surface area (Å²) in [6, 6.07) is 0. The molecule has 2 aliphatic heterocycles. The minimum Gasteiger partial charge on any atom is -0.375 e. The number of carbonyl (C=O) groups is 1. The molecule has 18 heavy (non-hydrogen) atoms. The first kappa shape index (κ1) is 12.6. The number of rotatable bonds is 2. The molecule has 0 aromatic rings. The highest BCUT2D eigenvalue weighted by atomic mass is 16.5. The first-order valence-electron chi connectivity index (χ1n) is 7.52. The average Bonchev–Trinajstić information content (AvgIpc) is 2.98. The predicted molar refractivity (Wildman–Crippen MR) is 68.5 cm³/mol. The van der Waals surface area contributed by atoms with Gasteiger partial charge in [-0.05, 0) is 45.4 Å². The second kappa shape index (κ2) is 4.93. The summed E-state index contributed by atoms with van der Waals surface area (Å²) in [4.78, 5) is 12.5. The van der Waals surface area contributed by atoms with Gasteiger partial charge in [0, 0.05) is 12.5 Å². The fourth-order valence-electron chi connectivity index (χ4n) is 3.91. The minimum absolute atomic E-state index is 0.0444. The topological polar surface area (TPSA) is 35.5 Å². The van der Waals surface area contributed by atoms with Gasteiger partial charge in [-0.25, -0.2) is 0 Å². The highest BCUT2D eigenvalue weighted by Gasteiger charge is 2.44. The van der Waals surface area contributed by atoms with E-state index < -0.39 is 0 Å². The number of ether oxygens (including phenoxy) is 2. The lowest BCUT2D eigenvalue weighted by atomic mass is 9.81. The van der Waals surface area contributed by atoms with Crippen LogP contribution in [0.25, 0.3) is 0 Å². The molecule has 3 atom stereocenters. The smallest absolute Gasteiger partial charge is 0.164 e. The van der Waals surface area contributed by atoms with Gasteiger partial charge in [-0.3, -0.25) is 4.79 Å². The van der Waals surface area contributed by atoms with Gasteiger partial charge in [-0.15, -0.1) is 0 Å². The zero-order valence-electron chi connectivity index (χ0n) is 11.3. The van der Waals surface area contributed by atoms with Gasteiger partial charge >= 0.3 is 0 Å². The van der Waals surface area contributed by atoms with Gasteiger partial charge in [0.1, 0.15) is 6.10 Å². The lowest BCUT2D eigenvalue weighted by Crippen LogP contribution is -2.42. The van der Waals surface area contributed by atoms with Crippen molar-refractivity contribution in [3.8, 4) is 0 Å². The largest absolute Gasteiger partial charge is 0.375 e. The molecule has 1 spiro atoms. The Morgan fingerprint density at radius 3 is 2.61 bits per heavy atom. The van der Waals surface area contributed by atoms with Gasteiger partial charge < -0.3 is 9.47 Å². The van der Waals surface area contributed by atoms with Crippen LogP contribution < -0.4 is 0 Å². The van der Waals surface area contributed by atoms with Crippen molar-refractivity contribution in [1.29, 1.82) is 0 Å². The highest BCUT2D eigenvalue weighted by molar-refractivity contribution is 5.85. The van der Waals surface area contributed by atoms with Crippen LogP contribution in [0, 0.1) is 5.92 Å². The van der Waals surface area contributed by atoms with E-state index in [0.29, 0.717) is 5.78 Å². The molecule has 1 saturated carbocycles. The molecule has 3 aliphatic rings. The quantitative estimate of drug-likeness (QED) is 0.758. The van der Waals surface area contributed by atoms with Crippen molar-refractivity contribution in [2.24, 2.45) is 5.92 Å². The zero-order valence-corrected chi connectivity index (χ0v) is 11.3. The van der Waals surface area contributed by atoms with E-state index in [2.05, 4.69) is 6.92 Å². The van der Waals surface area contributed by atoms with E-state index in [-0.39, 0.29) is 23.7 Å². The molecule has 1 aliphatic carbocycles. The molecular formula is C15H24O3. The molecule has 3 fully saturated rings. The molecule has 102 valence electrons. The van der Waals surface area contributed by atoms with Crippen molar-refractivity contribution >= 4 is 5.78 Å². The van der Waals surface area contributed by atoms with Crippen LogP contribution in [0.3, 0.4) is 0 Å². The standard InChI is InChI=1S/C15H24O3/c1-11-4-5-13(18-11)14(16)12-6-9-17-15(10-12)7-2-3-8-15/h11-13H,2-10H2,1H3. The first-order valence-corrected chi connectivity index (χ1v) is 7.52. The van der Waals surface area contributed by atoms with Crippen molar-refractivity contribution in [2.45, 2.75) is 76.1 Å². The number of carbonyl (C=O) groups excluding carboxylic acids is 1. The summed E-state index contributed by atoms with van der Waals surface area (Å²) in [6.45, 7) is 2.83. The molecule has 3 rings (SSSR count). The van der Waals surface area contributed by atoms with E-state index in [1.165, 1.54) is 12.8 Å². The van der Waals surface area contributed by atoms with E-state index in [1.54, 1.807) is 0 Å². The number of hydrogen-bond acceptors (Lipinski definition) is 3. The molecule has 3 unspecified atom stereocenters. The van der Waals surface area contributed by atoms with Crippen LogP contribution in [-0.4, -0.2) is 30.2 Å². The Kier molecular flexibility index (Phi) is 3.46. The maximum absolute atomic E-state index is 12.5. The van der Waals surface area contributed by atoms with E-state index in [0.717, 1.165) is 45.1 Å². The molecule has 0 aromatic heterocycles. The van der Waals surface area contributed by atoms with Crippen molar-refractivity contribution in [3.63, 3.8) is 0 Å². The Labute approximate surface area is 109 Å². The van der Waals surface area contributed by atoms with Crippen LogP contribution in [0.5, 0.6) is 0 Å². The molecular weight excluding hydrogens is 228 g/mol. The Bertz CT molecular complexity index is 320. The van der Waals surface area contributed by atoms with Crippen molar-refractivity contribution in [2.75, 3.05) is 6.61 Å². The van der Waals surface area contributed by atoms with Gasteiger partial charge in [-0.2, -0.15) is 0 Å². The summed E-state index contributed by atoms with van der Waals surface area (Å²) in [7, 11) is 0. The van der Waals surface area contributed by atoms with Gasteiger partial charge in [-0.1, -0.05) is 12.8 Å². The fraction of sp³-hybridized carbons (Fsp3) is 0.933. The van der Waals surface area contributed by atoms with Crippen LogP contribution in [0.2, 0.25) is 0 Å². The Hall–Kier alpha value is -0.410.